The Labute approximate surface area is 133 Å². The van der Waals surface area contributed by atoms with E-state index in [1.54, 1.807) is 29.3 Å². The molecule has 122 valence electrons. The van der Waals surface area contributed by atoms with Crippen LogP contribution in [0, 0.1) is 0 Å². The zero-order valence-electron chi connectivity index (χ0n) is 12.3. The fourth-order valence-corrected chi connectivity index (χ4v) is 4.37. The van der Waals surface area contributed by atoms with Crippen LogP contribution in [0.2, 0.25) is 0 Å². The molecule has 1 aromatic carbocycles. The Morgan fingerprint density at radius 2 is 1.83 bits per heavy atom. The van der Waals surface area contributed by atoms with Crippen LogP contribution in [0.15, 0.2) is 35.5 Å². The molecule has 0 spiro atoms. The molecule has 2 aliphatic heterocycles. The number of aromatic nitrogens is 3. The first-order valence-corrected chi connectivity index (χ1v) is 8.84. The smallest absolute Gasteiger partial charge is 0.243 e. The largest absolute Gasteiger partial charge is 0.486 e. The van der Waals surface area contributed by atoms with Gasteiger partial charge in [0.1, 0.15) is 13.2 Å². The third-order valence-corrected chi connectivity index (χ3v) is 5.90. The molecule has 1 fully saturated rings. The number of ether oxygens (including phenoxy) is 2. The summed E-state index contributed by atoms with van der Waals surface area (Å²) in [6, 6.07) is 4.70. The summed E-state index contributed by atoms with van der Waals surface area (Å²) >= 11 is 0. The molecular formula is C14H16N4O4S. The lowest BCUT2D eigenvalue weighted by molar-refractivity contribution is 0.171. The lowest BCUT2D eigenvalue weighted by Gasteiger charge is -2.21. The maximum absolute atomic E-state index is 12.8. The maximum atomic E-state index is 12.8. The van der Waals surface area contributed by atoms with Crippen LogP contribution in [-0.2, 0) is 10.0 Å². The molecule has 2 aromatic rings. The van der Waals surface area contributed by atoms with Crippen molar-refractivity contribution in [3.05, 3.63) is 30.6 Å². The Kier molecular flexibility index (Phi) is 3.46. The molecule has 1 unspecified atom stereocenters. The highest BCUT2D eigenvalue weighted by Crippen LogP contribution is 2.34. The van der Waals surface area contributed by atoms with Crippen molar-refractivity contribution in [2.75, 3.05) is 26.3 Å². The van der Waals surface area contributed by atoms with E-state index >= 15 is 0 Å². The molecule has 2 aliphatic rings. The summed E-state index contributed by atoms with van der Waals surface area (Å²) in [7, 11) is -3.57. The van der Waals surface area contributed by atoms with Crippen molar-refractivity contribution in [1.82, 2.24) is 19.3 Å². The number of hydrogen-bond donors (Lipinski definition) is 0. The van der Waals surface area contributed by atoms with Gasteiger partial charge in [0.2, 0.25) is 10.0 Å². The van der Waals surface area contributed by atoms with Crippen molar-refractivity contribution >= 4 is 10.0 Å². The number of rotatable bonds is 3. The molecule has 1 aromatic heterocycles. The second-order valence-electron chi connectivity index (χ2n) is 5.46. The number of nitrogens with zero attached hydrogens (tertiary/aromatic N) is 4. The second kappa shape index (κ2) is 5.50. The second-order valence-corrected chi connectivity index (χ2v) is 7.40. The van der Waals surface area contributed by atoms with Crippen molar-refractivity contribution in [1.29, 1.82) is 0 Å². The van der Waals surface area contributed by atoms with Crippen molar-refractivity contribution in [2.24, 2.45) is 0 Å². The Morgan fingerprint density at radius 3 is 2.61 bits per heavy atom. The van der Waals surface area contributed by atoms with Crippen molar-refractivity contribution in [3.63, 3.8) is 0 Å². The normalized spacial score (nSPS) is 21.5. The molecule has 0 radical (unpaired) electrons. The summed E-state index contributed by atoms with van der Waals surface area (Å²) in [4.78, 5) is 1.79. The van der Waals surface area contributed by atoms with Gasteiger partial charge < -0.3 is 9.47 Å². The Balaban J connectivity index is 1.58. The molecule has 0 aliphatic carbocycles. The van der Waals surface area contributed by atoms with Gasteiger partial charge in [0.05, 0.1) is 23.3 Å². The van der Waals surface area contributed by atoms with Gasteiger partial charge in [-0.3, -0.25) is 0 Å². The third-order valence-electron chi connectivity index (χ3n) is 4.04. The maximum Gasteiger partial charge on any atom is 0.243 e. The first-order valence-electron chi connectivity index (χ1n) is 7.40. The monoisotopic (exact) mass is 336 g/mol. The molecule has 23 heavy (non-hydrogen) atoms. The molecule has 0 saturated carbocycles. The highest BCUT2D eigenvalue weighted by Gasteiger charge is 2.34. The minimum atomic E-state index is -3.57. The molecule has 4 rings (SSSR count). The molecular weight excluding hydrogens is 320 g/mol. The van der Waals surface area contributed by atoms with E-state index in [4.69, 9.17) is 9.47 Å². The molecule has 0 amide bonds. The minimum absolute atomic E-state index is 0.0306. The molecule has 0 bridgehead atoms. The highest BCUT2D eigenvalue weighted by atomic mass is 32.2. The van der Waals surface area contributed by atoms with Crippen LogP contribution in [-0.4, -0.2) is 54.0 Å². The molecule has 3 heterocycles. The van der Waals surface area contributed by atoms with Crippen LogP contribution >= 0.6 is 0 Å². The van der Waals surface area contributed by atoms with Gasteiger partial charge in [-0.2, -0.15) is 19.3 Å². The van der Waals surface area contributed by atoms with Gasteiger partial charge in [-0.25, -0.2) is 8.42 Å². The Morgan fingerprint density at radius 1 is 1.09 bits per heavy atom. The Bertz CT molecular complexity index is 806. The highest BCUT2D eigenvalue weighted by molar-refractivity contribution is 7.89. The third kappa shape index (κ3) is 2.55. The first kappa shape index (κ1) is 14.5. The van der Waals surface area contributed by atoms with E-state index in [1.807, 2.05) is 0 Å². The van der Waals surface area contributed by atoms with Crippen LogP contribution < -0.4 is 9.47 Å². The summed E-state index contributed by atoms with van der Waals surface area (Å²) < 4.78 is 38.0. The molecule has 8 nitrogen and oxygen atoms in total. The van der Waals surface area contributed by atoms with Gasteiger partial charge in [-0.1, -0.05) is 0 Å². The SMILES string of the molecule is O=S(=O)(c1ccc2c(c1)OCCO2)N1CCC(n2nccn2)C1. The van der Waals surface area contributed by atoms with E-state index in [-0.39, 0.29) is 10.9 Å². The van der Waals surface area contributed by atoms with Crippen molar-refractivity contribution in [3.8, 4) is 11.5 Å². The van der Waals surface area contributed by atoms with E-state index in [0.29, 0.717) is 44.2 Å². The van der Waals surface area contributed by atoms with E-state index in [9.17, 15) is 8.42 Å². The van der Waals surface area contributed by atoms with Gasteiger partial charge in [0.25, 0.3) is 0 Å². The zero-order valence-corrected chi connectivity index (χ0v) is 13.1. The van der Waals surface area contributed by atoms with Gasteiger partial charge >= 0.3 is 0 Å². The fourth-order valence-electron chi connectivity index (χ4n) is 2.87. The van der Waals surface area contributed by atoms with Crippen molar-refractivity contribution in [2.45, 2.75) is 17.4 Å². The predicted octanol–water partition coefficient (Wildman–Crippen LogP) is 0.685. The summed E-state index contributed by atoms with van der Waals surface area (Å²) in [6.07, 6.45) is 3.88. The van der Waals surface area contributed by atoms with Crippen molar-refractivity contribution < 1.29 is 17.9 Å². The van der Waals surface area contributed by atoms with Crippen LogP contribution in [0.5, 0.6) is 11.5 Å². The molecule has 9 heteroatoms. The number of sulfonamides is 1. The zero-order chi connectivity index (χ0) is 15.9. The number of fused-ring (bicyclic) bond motifs is 1. The van der Waals surface area contributed by atoms with Gasteiger partial charge in [0.15, 0.2) is 11.5 Å². The fraction of sp³-hybridized carbons (Fsp3) is 0.429. The number of hydrogen-bond acceptors (Lipinski definition) is 6. The standard InChI is InChI=1S/C14H16N4O4S/c19-23(20,12-1-2-13-14(9-12)22-8-7-21-13)17-6-3-11(10-17)18-15-4-5-16-18/h1-2,4-5,9,11H,3,6-8,10H2. The Hall–Kier alpha value is -2.13. The summed E-state index contributed by atoms with van der Waals surface area (Å²) in [5.41, 5.74) is 0. The summed E-state index contributed by atoms with van der Waals surface area (Å²) in [5.74, 6) is 1.05. The van der Waals surface area contributed by atoms with E-state index in [2.05, 4.69) is 10.2 Å². The molecule has 0 N–H and O–H groups in total. The predicted molar refractivity (Wildman–Crippen MR) is 79.9 cm³/mol. The van der Waals surface area contributed by atoms with Crippen LogP contribution in [0.3, 0.4) is 0 Å². The van der Waals surface area contributed by atoms with Crippen LogP contribution in [0.1, 0.15) is 12.5 Å². The summed E-state index contributed by atoms with van der Waals surface area (Å²) in [5, 5.41) is 8.19. The first-order chi connectivity index (χ1) is 11.1. The van der Waals surface area contributed by atoms with E-state index in [1.165, 1.54) is 10.4 Å². The average molecular weight is 336 g/mol. The van der Waals surface area contributed by atoms with Crippen LogP contribution in [0.25, 0.3) is 0 Å². The summed E-state index contributed by atoms with van der Waals surface area (Å²) in [6.45, 7) is 1.71. The topological polar surface area (TPSA) is 86.6 Å². The van der Waals surface area contributed by atoms with Crippen LogP contribution in [0.4, 0.5) is 0 Å². The number of benzene rings is 1. The quantitative estimate of drug-likeness (QED) is 0.819. The van der Waals surface area contributed by atoms with Gasteiger partial charge in [0, 0.05) is 19.2 Å². The minimum Gasteiger partial charge on any atom is -0.486 e. The average Bonchev–Trinajstić information content (AvgIpc) is 3.25. The lowest BCUT2D eigenvalue weighted by Crippen LogP contribution is -2.29. The van der Waals surface area contributed by atoms with E-state index < -0.39 is 10.0 Å². The van der Waals surface area contributed by atoms with Gasteiger partial charge in [-0.05, 0) is 18.6 Å². The van der Waals surface area contributed by atoms with E-state index in [0.717, 1.165) is 0 Å². The molecule has 1 saturated heterocycles. The lowest BCUT2D eigenvalue weighted by atomic mass is 10.3. The molecule has 1 atom stereocenters. The van der Waals surface area contributed by atoms with Gasteiger partial charge in [-0.15, -0.1) is 0 Å².